The third kappa shape index (κ3) is 13.6. The van der Waals surface area contributed by atoms with Crippen LogP contribution in [0.3, 0.4) is 0 Å². The summed E-state index contributed by atoms with van der Waals surface area (Å²) in [6, 6.07) is 0.767. The van der Waals surface area contributed by atoms with Crippen molar-refractivity contribution in [3.8, 4) is 0 Å². The van der Waals surface area contributed by atoms with Crippen LogP contribution in [0.15, 0.2) is 0 Å². The number of hydrogen-bond acceptors (Lipinski definition) is 3. The molecule has 0 radical (unpaired) electrons. The van der Waals surface area contributed by atoms with E-state index >= 15 is 0 Å². The van der Waals surface area contributed by atoms with Gasteiger partial charge in [-0.2, -0.15) is 0 Å². The number of amides is 1. The molecule has 0 aromatic carbocycles. The molecule has 1 unspecified atom stereocenters. The molecular weight excluding hydrogens is 322 g/mol. The predicted octanol–water partition coefficient (Wildman–Crippen LogP) is 4.88. The third-order valence-corrected chi connectivity index (χ3v) is 5.46. The number of hydrogen-bond donors (Lipinski definition) is 3. The number of carbonyl (C=O) groups is 1. The summed E-state index contributed by atoms with van der Waals surface area (Å²) in [5.74, 6) is 0.228. The lowest BCUT2D eigenvalue weighted by molar-refractivity contribution is -0.121. The second-order valence-corrected chi connectivity index (χ2v) is 8.23. The fraction of sp³-hybridized carbons (Fsp3) is 0.955. The van der Waals surface area contributed by atoms with Crippen LogP contribution in [0.5, 0.6) is 0 Å². The summed E-state index contributed by atoms with van der Waals surface area (Å²) in [7, 11) is 0. The molecule has 0 aromatic rings. The predicted molar refractivity (Wildman–Crippen MR) is 112 cm³/mol. The number of unbranched alkanes of at least 4 members (excludes halogenated alkanes) is 12. The second-order valence-electron chi connectivity index (χ2n) is 8.23. The SMILES string of the molecule is CCCCCCCCCCCCCCCC(=O)N[C@H](C)CC1CNCN1. The molecule has 1 fully saturated rings. The van der Waals surface area contributed by atoms with E-state index in [1.807, 2.05) is 0 Å². The van der Waals surface area contributed by atoms with Crippen LogP contribution in [0.1, 0.15) is 110 Å². The lowest BCUT2D eigenvalue weighted by Gasteiger charge is -2.17. The van der Waals surface area contributed by atoms with E-state index in [2.05, 4.69) is 29.8 Å². The normalized spacial score (nSPS) is 18.2. The van der Waals surface area contributed by atoms with Crippen LogP contribution >= 0.6 is 0 Å². The molecule has 0 saturated carbocycles. The smallest absolute Gasteiger partial charge is 0.220 e. The van der Waals surface area contributed by atoms with Crippen LogP contribution in [0, 0.1) is 0 Å². The average molecular weight is 368 g/mol. The van der Waals surface area contributed by atoms with Crippen LogP contribution in [0.2, 0.25) is 0 Å². The topological polar surface area (TPSA) is 53.2 Å². The summed E-state index contributed by atoms with van der Waals surface area (Å²) in [5.41, 5.74) is 0. The Morgan fingerprint density at radius 2 is 1.46 bits per heavy atom. The van der Waals surface area contributed by atoms with Gasteiger partial charge in [-0.25, -0.2) is 0 Å². The van der Waals surface area contributed by atoms with Crippen molar-refractivity contribution in [3.05, 3.63) is 0 Å². The highest BCUT2D eigenvalue weighted by molar-refractivity contribution is 5.76. The first-order valence-corrected chi connectivity index (χ1v) is 11.5. The summed E-state index contributed by atoms with van der Waals surface area (Å²) < 4.78 is 0. The van der Waals surface area contributed by atoms with Crippen LogP contribution in [0.4, 0.5) is 0 Å². The van der Waals surface area contributed by atoms with Crippen LogP contribution < -0.4 is 16.0 Å². The van der Waals surface area contributed by atoms with E-state index in [4.69, 9.17) is 0 Å². The highest BCUT2D eigenvalue weighted by Gasteiger charge is 2.17. The molecule has 1 saturated heterocycles. The molecule has 1 rings (SSSR count). The molecule has 0 spiro atoms. The van der Waals surface area contributed by atoms with Gasteiger partial charge in [-0.15, -0.1) is 0 Å². The summed E-state index contributed by atoms with van der Waals surface area (Å²) >= 11 is 0. The first kappa shape index (κ1) is 23.4. The van der Waals surface area contributed by atoms with Crippen molar-refractivity contribution < 1.29 is 4.79 Å². The Morgan fingerprint density at radius 1 is 0.923 bits per heavy atom. The van der Waals surface area contributed by atoms with E-state index in [1.54, 1.807) is 0 Å². The van der Waals surface area contributed by atoms with Gasteiger partial charge in [0.05, 0.1) is 0 Å². The summed E-state index contributed by atoms with van der Waals surface area (Å²) in [6.07, 6.45) is 19.2. The summed E-state index contributed by atoms with van der Waals surface area (Å²) in [4.78, 5) is 12.0. The minimum absolute atomic E-state index is 0.228. The van der Waals surface area contributed by atoms with Crippen LogP contribution in [-0.4, -0.2) is 31.2 Å². The van der Waals surface area contributed by atoms with Gasteiger partial charge in [0.2, 0.25) is 5.91 Å². The lowest BCUT2D eigenvalue weighted by Crippen LogP contribution is -2.38. The standard InChI is InChI=1S/C22H45N3O/c1-3-4-5-6-7-8-9-10-11-12-13-14-15-16-22(26)25-20(2)17-21-18-23-19-24-21/h20-21,23-24H,3-19H2,1-2H3,(H,25,26)/t20-,21?/m1/s1. The zero-order chi connectivity index (χ0) is 18.9. The highest BCUT2D eigenvalue weighted by Crippen LogP contribution is 2.13. The van der Waals surface area contributed by atoms with E-state index in [0.29, 0.717) is 12.5 Å². The Kier molecular flexibility index (Phi) is 14.9. The van der Waals surface area contributed by atoms with E-state index in [9.17, 15) is 4.79 Å². The van der Waals surface area contributed by atoms with Crippen molar-refractivity contribution in [1.82, 2.24) is 16.0 Å². The molecule has 26 heavy (non-hydrogen) atoms. The molecule has 1 aliphatic heterocycles. The van der Waals surface area contributed by atoms with Crippen LogP contribution in [-0.2, 0) is 4.79 Å². The Balaban J connectivity index is 1.80. The molecule has 1 amide bonds. The molecule has 1 aliphatic rings. The number of carbonyl (C=O) groups excluding carboxylic acids is 1. The molecule has 0 bridgehead atoms. The molecule has 2 atom stereocenters. The zero-order valence-corrected chi connectivity index (χ0v) is 17.6. The average Bonchev–Trinajstić information content (AvgIpc) is 3.11. The van der Waals surface area contributed by atoms with Crippen molar-refractivity contribution >= 4 is 5.91 Å². The third-order valence-electron chi connectivity index (χ3n) is 5.46. The van der Waals surface area contributed by atoms with Crippen molar-refractivity contribution in [2.24, 2.45) is 0 Å². The van der Waals surface area contributed by atoms with Gasteiger partial charge in [0.15, 0.2) is 0 Å². The van der Waals surface area contributed by atoms with Gasteiger partial charge in [-0.1, -0.05) is 84.0 Å². The van der Waals surface area contributed by atoms with Gasteiger partial charge in [-0.05, 0) is 19.8 Å². The first-order valence-electron chi connectivity index (χ1n) is 11.5. The second kappa shape index (κ2) is 16.6. The minimum Gasteiger partial charge on any atom is -0.354 e. The summed E-state index contributed by atoms with van der Waals surface area (Å²) in [5, 5.41) is 9.82. The largest absolute Gasteiger partial charge is 0.354 e. The minimum atomic E-state index is 0.228. The lowest BCUT2D eigenvalue weighted by atomic mass is 10.0. The van der Waals surface area contributed by atoms with E-state index in [-0.39, 0.29) is 11.9 Å². The first-order chi connectivity index (χ1) is 12.7. The van der Waals surface area contributed by atoms with Crippen molar-refractivity contribution in [2.75, 3.05) is 13.2 Å². The van der Waals surface area contributed by atoms with Gasteiger partial charge in [0.25, 0.3) is 0 Å². The molecule has 1 heterocycles. The number of rotatable bonds is 17. The van der Waals surface area contributed by atoms with E-state index in [1.165, 1.54) is 77.0 Å². The molecule has 0 aliphatic carbocycles. The molecular formula is C22H45N3O. The maximum atomic E-state index is 12.0. The Morgan fingerprint density at radius 3 is 1.96 bits per heavy atom. The quantitative estimate of drug-likeness (QED) is 0.321. The Hall–Kier alpha value is -0.610. The fourth-order valence-electron chi connectivity index (χ4n) is 3.84. The van der Waals surface area contributed by atoms with Crippen molar-refractivity contribution in [2.45, 2.75) is 122 Å². The maximum Gasteiger partial charge on any atom is 0.220 e. The Bertz CT molecular complexity index is 329. The fourth-order valence-corrected chi connectivity index (χ4v) is 3.84. The highest BCUT2D eigenvalue weighted by atomic mass is 16.1. The number of nitrogens with one attached hydrogen (secondary N) is 3. The van der Waals surface area contributed by atoms with Gasteiger partial charge in [-0.3, -0.25) is 4.79 Å². The van der Waals surface area contributed by atoms with Gasteiger partial charge < -0.3 is 16.0 Å². The Labute approximate surface area is 162 Å². The molecule has 3 N–H and O–H groups in total. The van der Waals surface area contributed by atoms with Crippen molar-refractivity contribution in [1.29, 1.82) is 0 Å². The maximum absolute atomic E-state index is 12.0. The van der Waals surface area contributed by atoms with Gasteiger partial charge in [0.1, 0.15) is 0 Å². The van der Waals surface area contributed by atoms with Crippen LogP contribution in [0.25, 0.3) is 0 Å². The molecule has 4 nitrogen and oxygen atoms in total. The molecule has 4 heteroatoms. The van der Waals surface area contributed by atoms with Gasteiger partial charge >= 0.3 is 0 Å². The van der Waals surface area contributed by atoms with E-state index < -0.39 is 0 Å². The van der Waals surface area contributed by atoms with Gasteiger partial charge in [0, 0.05) is 31.7 Å². The molecule has 154 valence electrons. The monoisotopic (exact) mass is 367 g/mol. The molecule has 0 aromatic heterocycles. The van der Waals surface area contributed by atoms with E-state index in [0.717, 1.165) is 26.1 Å². The zero-order valence-electron chi connectivity index (χ0n) is 17.6. The summed E-state index contributed by atoms with van der Waals surface area (Å²) in [6.45, 7) is 6.30. The van der Waals surface area contributed by atoms with Crippen molar-refractivity contribution in [3.63, 3.8) is 0 Å².